The molecule has 0 fully saturated rings. The van der Waals surface area contributed by atoms with Gasteiger partial charge in [-0.05, 0) is 29.1 Å². The van der Waals surface area contributed by atoms with Crippen LogP contribution in [-0.2, 0) is 6.42 Å². The summed E-state index contributed by atoms with van der Waals surface area (Å²) in [6.07, 6.45) is 2.71. The minimum absolute atomic E-state index is 0.651. The third-order valence-corrected chi connectivity index (χ3v) is 4.37. The van der Waals surface area contributed by atoms with E-state index >= 15 is 0 Å². The molecule has 0 amide bonds. The molecule has 14 heavy (non-hydrogen) atoms. The molecule has 0 saturated heterocycles. The normalized spacial score (nSPS) is 10.7. The van der Waals surface area contributed by atoms with Crippen molar-refractivity contribution in [3.8, 4) is 10.0 Å². The smallest absolute Gasteiger partial charge is 0.153 e. The predicted molar refractivity (Wildman–Crippen MR) is 68.7 cm³/mol. The Labute approximate surface area is 104 Å². The lowest BCUT2D eigenvalue weighted by atomic mass is 10.3. The zero-order valence-electron chi connectivity index (χ0n) is 7.24. The summed E-state index contributed by atoms with van der Waals surface area (Å²) in [5.74, 6) is 0. The van der Waals surface area contributed by atoms with Gasteiger partial charge in [0.25, 0.3) is 0 Å². The van der Waals surface area contributed by atoms with Crippen LogP contribution in [0.1, 0.15) is 5.69 Å². The second-order valence-electron chi connectivity index (χ2n) is 2.65. The van der Waals surface area contributed by atoms with Crippen LogP contribution in [0.2, 0.25) is 0 Å². The van der Waals surface area contributed by atoms with Gasteiger partial charge in [0, 0.05) is 11.8 Å². The number of nitrogens with two attached hydrogens (primary N) is 1. The number of thiazole rings is 2. The quantitative estimate of drug-likeness (QED) is 0.875. The molecule has 3 nitrogen and oxygen atoms in total. The molecule has 0 aliphatic rings. The van der Waals surface area contributed by atoms with E-state index in [2.05, 4.69) is 37.9 Å². The first-order chi connectivity index (χ1) is 6.79. The molecule has 2 N–H and O–H groups in total. The van der Waals surface area contributed by atoms with Gasteiger partial charge in [-0.3, -0.25) is 0 Å². The van der Waals surface area contributed by atoms with E-state index in [1.165, 1.54) is 2.88 Å². The van der Waals surface area contributed by atoms with Crippen LogP contribution in [0, 0.1) is 2.88 Å². The summed E-state index contributed by atoms with van der Waals surface area (Å²) >= 11 is 5.56. The van der Waals surface area contributed by atoms with Gasteiger partial charge in [0.2, 0.25) is 0 Å². The third kappa shape index (κ3) is 2.30. The minimum Gasteiger partial charge on any atom is -0.330 e. The largest absolute Gasteiger partial charge is 0.330 e. The van der Waals surface area contributed by atoms with E-state index in [4.69, 9.17) is 5.73 Å². The molecule has 2 heterocycles. The summed E-state index contributed by atoms with van der Waals surface area (Å²) in [6.45, 7) is 0.651. The molecule has 0 radical (unpaired) electrons. The van der Waals surface area contributed by atoms with Gasteiger partial charge >= 0.3 is 0 Å². The molecule has 2 rings (SSSR count). The Hall–Kier alpha value is -0.0500. The van der Waals surface area contributed by atoms with Gasteiger partial charge in [-0.2, -0.15) is 0 Å². The highest BCUT2D eigenvalue weighted by Gasteiger charge is 2.07. The summed E-state index contributed by atoms with van der Waals surface area (Å²) in [5, 5.41) is 4.06. The number of hydrogen-bond acceptors (Lipinski definition) is 5. The summed E-state index contributed by atoms with van der Waals surface area (Å²) in [6, 6.07) is 0. The van der Waals surface area contributed by atoms with Crippen LogP contribution >= 0.6 is 45.3 Å². The predicted octanol–water partition coefficient (Wildman–Crippen LogP) is 2.37. The number of hydrogen-bond donors (Lipinski definition) is 1. The second kappa shape index (κ2) is 4.65. The summed E-state index contributed by atoms with van der Waals surface area (Å²) in [4.78, 5) is 8.75. The first-order valence-electron chi connectivity index (χ1n) is 4.06. The monoisotopic (exact) mass is 337 g/mol. The molecule has 0 aliphatic heterocycles. The van der Waals surface area contributed by atoms with Gasteiger partial charge in [0.15, 0.2) is 10.0 Å². The second-order valence-corrected chi connectivity index (χ2v) is 6.44. The van der Waals surface area contributed by atoms with E-state index in [9.17, 15) is 0 Å². The van der Waals surface area contributed by atoms with Crippen LogP contribution in [0.4, 0.5) is 0 Å². The van der Waals surface area contributed by atoms with Crippen molar-refractivity contribution in [1.82, 2.24) is 9.97 Å². The lowest BCUT2D eigenvalue weighted by Gasteiger charge is -1.88. The fourth-order valence-corrected chi connectivity index (χ4v) is 3.33. The van der Waals surface area contributed by atoms with Crippen molar-refractivity contribution in [2.24, 2.45) is 5.73 Å². The van der Waals surface area contributed by atoms with Gasteiger partial charge < -0.3 is 5.73 Å². The molecule has 0 atom stereocenters. The van der Waals surface area contributed by atoms with E-state index in [0.717, 1.165) is 22.1 Å². The van der Waals surface area contributed by atoms with E-state index in [1.807, 2.05) is 6.20 Å². The zero-order valence-corrected chi connectivity index (χ0v) is 11.0. The van der Waals surface area contributed by atoms with Crippen LogP contribution in [0.3, 0.4) is 0 Å². The van der Waals surface area contributed by atoms with Crippen molar-refractivity contribution >= 4 is 45.3 Å². The first kappa shape index (κ1) is 10.5. The highest BCUT2D eigenvalue weighted by Crippen LogP contribution is 2.28. The molecule has 0 saturated carbocycles. The van der Waals surface area contributed by atoms with Crippen LogP contribution in [0.5, 0.6) is 0 Å². The van der Waals surface area contributed by atoms with Crippen LogP contribution in [0.25, 0.3) is 10.0 Å². The Morgan fingerprint density at radius 3 is 2.93 bits per heavy atom. The first-order valence-corrected chi connectivity index (χ1v) is 6.83. The molecule has 0 aliphatic carbocycles. The fraction of sp³-hybridized carbons (Fsp3) is 0.250. The van der Waals surface area contributed by atoms with Crippen LogP contribution in [0.15, 0.2) is 11.6 Å². The average Bonchev–Trinajstić information content (AvgIpc) is 2.74. The molecule has 2 aromatic heterocycles. The number of aromatic nitrogens is 2. The Morgan fingerprint density at radius 1 is 1.43 bits per heavy atom. The van der Waals surface area contributed by atoms with Crippen molar-refractivity contribution in [2.45, 2.75) is 6.42 Å². The topological polar surface area (TPSA) is 51.8 Å². The van der Waals surface area contributed by atoms with Gasteiger partial charge in [0.05, 0.1) is 14.8 Å². The number of nitrogens with zero attached hydrogens (tertiary/aromatic N) is 2. The Bertz CT molecular complexity index is 424. The maximum atomic E-state index is 5.46. The van der Waals surface area contributed by atoms with Crippen molar-refractivity contribution in [3.05, 3.63) is 20.2 Å². The van der Waals surface area contributed by atoms with E-state index in [0.29, 0.717) is 6.54 Å². The molecule has 0 unspecified atom stereocenters. The van der Waals surface area contributed by atoms with Gasteiger partial charge in [-0.1, -0.05) is 0 Å². The molecule has 0 aromatic carbocycles. The molecule has 0 bridgehead atoms. The lowest BCUT2D eigenvalue weighted by molar-refractivity contribution is 0.936. The van der Waals surface area contributed by atoms with E-state index in [-0.39, 0.29) is 0 Å². The minimum atomic E-state index is 0.651. The molecule has 74 valence electrons. The van der Waals surface area contributed by atoms with E-state index in [1.54, 1.807) is 22.7 Å². The lowest BCUT2D eigenvalue weighted by Crippen LogP contribution is -2.02. The Morgan fingerprint density at radius 2 is 2.29 bits per heavy atom. The standard InChI is InChI=1S/C8H8IN3S2/c9-6-3-11-7(14-6)8-12-5(1-2-10)4-13-8/h3-4H,1-2,10H2. The van der Waals surface area contributed by atoms with Crippen molar-refractivity contribution < 1.29 is 0 Å². The summed E-state index contributed by atoms with van der Waals surface area (Å²) < 4.78 is 1.19. The van der Waals surface area contributed by atoms with Gasteiger partial charge in [-0.25, -0.2) is 9.97 Å². The van der Waals surface area contributed by atoms with Crippen molar-refractivity contribution in [3.63, 3.8) is 0 Å². The summed E-state index contributed by atoms with van der Waals surface area (Å²) in [7, 11) is 0. The van der Waals surface area contributed by atoms with Crippen LogP contribution in [-0.4, -0.2) is 16.5 Å². The van der Waals surface area contributed by atoms with Crippen LogP contribution < -0.4 is 5.73 Å². The van der Waals surface area contributed by atoms with Crippen molar-refractivity contribution in [1.29, 1.82) is 0 Å². The highest BCUT2D eigenvalue weighted by molar-refractivity contribution is 14.1. The van der Waals surface area contributed by atoms with Gasteiger partial charge in [0.1, 0.15) is 0 Å². The maximum absolute atomic E-state index is 5.46. The Balaban J connectivity index is 2.24. The molecule has 6 heteroatoms. The average molecular weight is 337 g/mol. The molecule has 2 aromatic rings. The maximum Gasteiger partial charge on any atom is 0.153 e. The fourth-order valence-electron chi connectivity index (χ4n) is 1.02. The third-order valence-electron chi connectivity index (χ3n) is 1.61. The number of rotatable bonds is 3. The molecule has 0 spiro atoms. The molecular weight excluding hydrogens is 329 g/mol. The van der Waals surface area contributed by atoms with E-state index < -0.39 is 0 Å². The number of halogens is 1. The summed E-state index contributed by atoms with van der Waals surface area (Å²) in [5.41, 5.74) is 6.53. The molecular formula is C8H8IN3S2. The van der Waals surface area contributed by atoms with Gasteiger partial charge in [-0.15, -0.1) is 22.7 Å². The highest BCUT2D eigenvalue weighted by atomic mass is 127. The van der Waals surface area contributed by atoms with Crippen molar-refractivity contribution in [2.75, 3.05) is 6.54 Å². The zero-order chi connectivity index (χ0) is 9.97. The SMILES string of the molecule is NCCc1csc(-c2ncc(I)s2)n1. The Kier molecular flexibility index (Phi) is 3.47.